The average molecular weight is 207 g/mol. The van der Waals surface area contributed by atoms with Crippen LogP contribution in [0.5, 0.6) is 0 Å². The highest BCUT2D eigenvalue weighted by molar-refractivity contribution is 5.15. The summed E-state index contributed by atoms with van der Waals surface area (Å²) in [5, 5.41) is 0. The molecular formula is C13H21NO. The van der Waals surface area contributed by atoms with E-state index in [1.807, 2.05) is 0 Å². The second-order valence-corrected chi connectivity index (χ2v) is 4.95. The lowest BCUT2D eigenvalue weighted by Gasteiger charge is -2.18. The highest BCUT2D eigenvalue weighted by atomic mass is 16.5. The van der Waals surface area contributed by atoms with Crippen LogP contribution in [0.1, 0.15) is 30.7 Å². The van der Waals surface area contributed by atoms with Crippen LogP contribution in [-0.2, 0) is 11.3 Å². The van der Waals surface area contributed by atoms with Gasteiger partial charge in [-0.15, -0.1) is 0 Å². The first kappa shape index (κ1) is 10.7. The molecule has 1 aromatic heterocycles. The predicted molar refractivity (Wildman–Crippen MR) is 62.1 cm³/mol. The Balaban J connectivity index is 2.02. The topological polar surface area (TPSA) is 14.2 Å². The van der Waals surface area contributed by atoms with Gasteiger partial charge in [0.1, 0.15) is 0 Å². The van der Waals surface area contributed by atoms with E-state index in [-0.39, 0.29) is 0 Å². The third-order valence-electron chi connectivity index (χ3n) is 3.70. The average Bonchev–Trinajstić information content (AvgIpc) is 2.93. The Morgan fingerprint density at radius 3 is 2.33 bits per heavy atom. The van der Waals surface area contributed by atoms with E-state index in [0.29, 0.717) is 5.41 Å². The maximum absolute atomic E-state index is 5.19. The van der Waals surface area contributed by atoms with Crippen molar-refractivity contribution in [2.24, 2.45) is 5.41 Å². The van der Waals surface area contributed by atoms with Crippen LogP contribution in [0.25, 0.3) is 0 Å². The Morgan fingerprint density at radius 1 is 1.27 bits per heavy atom. The van der Waals surface area contributed by atoms with Crippen molar-refractivity contribution in [2.75, 3.05) is 13.7 Å². The van der Waals surface area contributed by atoms with Gasteiger partial charge in [0.05, 0.1) is 0 Å². The molecule has 0 aliphatic heterocycles. The Hall–Kier alpha value is -0.760. The number of rotatable bonds is 5. The minimum atomic E-state index is 0.546. The number of nitrogens with zero attached hydrogens (tertiary/aromatic N) is 1. The highest BCUT2D eigenvalue weighted by Gasteiger charge is 2.42. The molecule has 0 amide bonds. The zero-order chi connectivity index (χ0) is 10.9. The fraction of sp³-hybridized carbons (Fsp3) is 0.692. The molecule has 0 radical (unpaired) electrons. The second-order valence-electron chi connectivity index (χ2n) is 4.95. The fourth-order valence-electron chi connectivity index (χ4n) is 2.27. The Labute approximate surface area is 92.2 Å². The van der Waals surface area contributed by atoms with Crippen LogP contribution >= 0.6 is 0 Å². The van der Waals surface area contributed by atoms with Gasteiger partial charge in [0, 0.05) is 31.6 Å². The summed E-state index contributed by atoms with van der Waals surface area (Å²) in [5.41, 5.74) is 3.32. The molecule has 0 aromatic carbocycles. The third kappa shape index (κ3) is 2.25. The summed E-state index contributed by atoms with van der Waals surface area (Å²) >= 11 is 0. The van der Waals surface area contributed by atoms with Crippen molar-refractivity contribution in [3.8, 4) is 0 Å². The molecular weight excluding hydrogens is 186 g/mol. The van der Waals surface area contributed by atoms with Crippen molar-refractivity contribution in [2.45, 2.75) is 39.7 Å². The second kappa shape index (κ2) is 4.01. The van der Waals surface area contributed by atoms with E-state index in [2.05, 4.69) is 30.5 Å². The van der Waals surface area contributed by atoms with Gasteiger partial charge >= 0.3 is 0 Å². The normalized spacial score (nSPS) is 18.1. The van der Waals surface area contributed by atoms with Crippen LogP contribution in [0.4, 0.5) is 0 Å². The maximum atomic E-state index is 5.19. The molecule has 1 aliphatic carbocycles. The van der Waals surface area contributed by atoms with Gasteiger partial charge < -0.3 is 9.30 Å². The van der Waals surface area contributed by atoms with E-state index < -0.39 is 0 Å². The van der Waals surface area contributed by atoms with Crippen molar-refractivity contribution < 1.29 is 4.74 Å². The molecule has 0 N–H and O–H groups in total. The lowest BCUT2D eigenvalue weighted by molar-refractivity contribution is 0.166. The van der Waals surface area contributed by atoms with Gasteiger partial charge in [0.2, 0.25) is 0 Å². The summed E-state index contributed by atoms with van der Waals surface area (Å²) in [7, 11) is 1.79. The SMILES string of the molecule is COCCC1(Cn2c(C)ccc2C)CC1. The molecule has 0 bridgehead atoms. The van der Waals surface area contributed by atoms with Crippen molar-refractivity contribution in [3.05, 3.63) is 23.5 Å². The summed E-state index contributed by atoms with van der Waals surface area (Å²) in [4.78, 5) is 0. The number of hydrogen-bond acceptors (Lipinski definition) is 1. The summed E-state index contributed by atoms with van der Waals surface area (Å²) in [6.45, 7) is 6.47. The zero-order valence-corrected chi connectivity index (χ0v) is 10.0. The molecule has 2 heteroatoms. The van der Waals surface area contributed by atoms with Crippen LogP contribution in [0, 0.1) is 19.3 Å². The monoisotopic (exact) mass is 207 g/mol. The number of aryl methyl sites for hydroxylation is 2. The summed E-state index contributed by atoms with van der Waals surface area (Å²) in [5.74, 6) is 0. The van der Waals surface area contributed by atoms with Crippen LogP contribution in [0.3, 0.4) is 0 Å². The van der Waals surface area contributed by atoms with E-state index >= 15 is 0 Å². The molecule has 1 fully saturated rings. The van der Waals surface area contributed by atoms with E-state index in [9.17, 15) is 0 Å². The standard InChI is InChI=1S/C13H21NO/c1-11-4-5-12(2)14(11)10-13(6-7-13)8-9-15-3/h4-5H,6-10H2,1-3H3. The minimum absolute atomic E-state index is 0.546. The first-order valence-electron chi connectivity index (χ1n) is 5.79. The third-order valence-corrected chi connectivity index (χ3v) is 3.70. The van der Waals surface area contributed by atoms with Gasteiger partial charge in [-0.25, -0.2) is 0 Å². The molecule has 15 heavy (non-hydrogen) atoms. The molecule has 1 heterocycles. The Bertz CT molecular complexity index is 317. The summed E-state index contributed by atoms with van der Waals surface area (Å²) in [6.07, 6.45) is 3.95. The van der Waals surface area contributed by atoms with E-state index in [1.165, 1.54) is 37.2 Å². The number of aromatic nitrogens is 1. The summed E-state index contributed by atoms with van der Waals surface area (Å²) in [6, 6.07) is 4.42. The highest BCUT2D eigenvalue weighted by Crippen LogP contribution is 2.50. The lowest BCUT2D eigenvalue weighted by Crippen LogP contribution is -2.15. The first-order chi connectivity index (χ1) is 7.17. The van der Waals surface area contributed by atoms with E-state index in [0.717, 1.165) is 6.61 Å². The zero-order valence-electron chi connectivity index (χ0n) is 10.0. The predicted octanol–water partition coefficient (Wildman–Crippen LogP) is 2.92. The van der Waals surface area contributed by atoms with Crippen molar-refractivity contribution in [1.29, 1.82) is 0 Å². The van der Waals surface area contributed by atoms with Crippen molar-refractivity contribution in [1.82, 2.24) is 4.57 Å². The molecule has 1 aliphatic rings. The minimum Gasteiger partial charge on any atom is -0.385 e. The maximum Gasteiger partial charge on any atom is 0.0468 e. The number of methoxy groups -OCH3 is 1. The molecule has 0 unspecified atom stereocenters. The van der Waals surface area contributed by atoms with Gasteiger partial charge in [-0.05, 0) is 50.7 Å². The van der Waals surface area contributed by atoms with Crippen LogP contribution in [0.2, 0.25) is 0 Å². The van der Waals surface area contributed by atoms with Gasteiger partial charge in [0.15, 0.2) is 0 Å². The number of hydrogen-bond donors (Lipinski definition) is 0. The van der Waals surface area contributed by atoms with Gasteiger partial charge in [-0.1, -0.05) is 0 Å². The molecule has 2 nitrogen and oxygen atoms in total. The van der Waals surface area contributed by atoms with Gasteiger partial charge in [0.25, 0.3) is 0 Å². The fourth-order valence-corrected chi connectivity index (χ4v) is 2.27. The summed E-state index contributed by atoms with van der Waals surface area (Å²) < 4.78 is 7.64. The largest absolute Gasteiger partial charge is 0.385 e. The lowest BCUT2D eigenvalue weighted by atomic mass is 10.0. The first-order valence-corrected chi connectivity index (χ1v) is 5.79. The molecule has 2 rings (SSSR count). The molecule has 1 aromatic rings. The van der Waals surface area contributed by atoms with Crippen LogP contribution in [0.15, 0.2) is 12.1 Å². The Morgan fingerprint density at radius 2 is 1.87 bits per heavy atom. The van der Waals surface area contributed by atoms with Crippen molar-refractivity contribution >= 4 is 0 Å². The molecule has 1 saturated carbocycles. The molecule has 0 spiro atoms. The smallest absolute Gasteiger partial charge is 0.0468 e. The quantitative estimate of drug-likeness (QED) is 0.724. The van der Waals surface area contributed by atoms with Crippen LogP contribution in [-0.4, -0.2) is 18.3 Å². The Kier molecular flexibility index (Phi) is 2.87. The molecule has 0 saturated heterocycles. The van der Waals surface area contributed by atoms with E-state index in [4.69, 9.17) is 4.74 Å². The van der Waals surface area contributed by atoms with Gasteiger partial charge in [-0.3, -0.25) is 0 Å². The molecule has 84 valence electrons. The van der Waals surface area contributed by atoms with Gasteiger partial charge in [-0.2, -0.15) is 0 Å². The van der Waals surface area contributed by atoms with Crippen LogP contribution < -0.4 is 0 Å². The number of ether oxygens (including phenoxy) is 1. The van der Waals surface area contributed by atoms with Crippen molar-refractivity contribution in [3.63, 3.8) is 0 Å². The molecule has 0 atom stereocenters. The van der Waals surface area contributed by atoms with E-state index in [1.54, 1.807) is 7.11 Å².